The van der Waals surface area contributed by atoms with Gasteiger partial charge in [-0.05, 0) is 51.7 Å². The molecule has 4 heterocycles. The Morgan fingerprint density at radius 2 is 1.78 bits per heavy atom. The average Bonchev–Trinajstić information content (AvgIpc) is 3.36. The fourth-order valence-corrected chi connectivity index (χ4v) is 4.93. The van der Waals surface area contributed by atoms with Crippen LogP contribution in [0.25, 0.3) is 17.0 Å². The van der Waals surface area contributed by atoms with Crippen LogP contribution in [0.1, 0.15) is 45.9 Å². The number of piperidine rings is 1. The molecule has 0 atom stereocenters. The molecule has 3 aromatic rings. The summed E-state index contributed by atoms with van der Waals surface area (Å²) in [5, 5.41) is 3.30. The van der Waals surface area contributed by atoms with Crippen molar-refractivity contribution in [1.82, 2.24) is 29.4 Å². The highest BCUT2D eigenvalue weighted by Crippen LogP contribution is 2.32. The van der Waals surface area contributed by atoms with Gasteiger partial charge < -0.3 is 29.3 Å². The van der Waals surface area contributed by atoms with E-state index in [9.17, 15) is 13.6 Å². The zero-order valence-corrected chi connectivity index (χ0v) is 23.8. The van der Waals surface area contributed by atoms with Gasteiger partial charge >= 0.3 is 6.09 Å². The Morgan fingerprint density at radius 1 is 1.07 bits per heavy atom. The number of carbonyl (C=O) groups excluding carboxylic acids is 1. The van der Waals surface area contributed by atoms with Gasteiger partial charge in [-0.25, -0.2) is 18.6 Å². The molecule has 0 spiro atoms. The van der Waals surface area contributed by atoms with Gasteiger partial charge in [0.2, 0.25) is 17.8 Å². The Labute approximate surface area is 237 Å². The van der Waals surface area contributed by atoms with E-state index in [-0.39, 0.29) is 23.9 Å². The molecular formula is C27H36F2N8O4. The number of fused-ring (bicyclic) bond motifs is 1. The number of hydrogen-bond donors (Lipinski definition) is 1. The first kappa shape index (κ1) is 28.7. The first-order chi connectivity index (χ1) is 19.6. The molecule has 0 bridgehead atoms. The number of alkyl halides is 2. The molecule has 14 heteroatoms. The van der Waals surface area contributed by atoms with Crippen molar-refractivity contribution in [3.8, 4) is 11.7 Å². The second kappa shape index (κ2) is 12.0. The van der Waals surface area contributed by atoms with Gasteiger partial charge in [-0.3, -0.25) is 4.57 Å². The number of imidazole rings is 1. The lowest BCUT2D eigenvalue weighted by atomic mass is 9.97. The standard InChI is InChI=1S/C27H36F2N8O4/c1-27(2,3)41-26(38)36-10-8-17(9-11-36)16-30-23-32-24(35-12-14-40-15-13-35)34-25(33-23)37-18-6-5-7-19(39-4)20(18)31-22(37)21(28)29/h5-7,17,21H,8-16H2,1-4H3,(H,30,32,33,34). The number of hydrogen-bond acceptors (Lipinski definition) is 10. The van der Waals surface area contributed by atoms with Crippen molar-refractivity contribution >= 4 is 29.0 Å². The summed E-state index contributed by atoms with van der Waals surface area (Å²) in [6, 6.07) is 5.06. The van der Waals surface area contributed by atoms with Gasteiger partial charge in [0, 0.05) is 32.7 Å². The van der Waals surface area contributed by atoms with Crippen LogP contribution in [0, 0.1) is 5.92 Å². The lowest BCUT2D eigenvalue weighted by molar-refractivity contribution is 0.0188. The number of rotatable bonds is 7. The molecular weight excluding hydrogens is 538 g/mol. The highest BCUT2D eigenvalue weighted by atomic mass is 19.3. The molecule has 1 N–H and O–H groups in total. The SMILES string of the molecule is COc1cccc2c1nc(C(F)F)n2-c1nc(NCC2CCN(C(=O)OC(C)(C)C)CC2)nc(N2CCOCC2)n1. The normalized spacial score (nSPS) is 16.9. The van der Waals surface area contributed by atoms with E-state index in [1.165, 1.54) is 11.7 Å². The predicted octanol–water partition coefficient (Wildman–Crippen LogP) is 4.05. The maximum absolute atomic E-state index is 14.2. The van der Waals surface area contributed by atoms with Crippen LogP contribution in [0.2, 0.25) is 0 Å². The van der Waals surface area contributed by atoms with Crippen molar-refractivity contribution in [3.05, 3.63) is 24.0 Å². The first-order valence-corrected chi connectivity index (χ1v) is 13.8. The Hall–Kier alpha value is -3.81. The van der Waals surface area contributed by atoms with Crippen LogP contribution in [0.15, 0.2) is 18.2 Å². The van der Waals surface area contributed by atoms with Gasteiger partial charge in [-0.2, -0.15) is 15.0 Å². The molecule has 5 rings (SSSR count). The number of morpholine rings is 1. The zero-order valence-electron chi connectivity index (χ0n) is 23.8. The quantitative estimate of drug-likeness (QED) is 0.443. The number of aromatic nitrogens is 5. The van der Waals surface area contributed by atoms with Crippen LogP contribution in [-0.4, -0.2) is 94.1 Å². The third-order valence-corrected chi connectivity index (χ3v) is 7.01. The highest BCUT2D eigenvalue weighted by Gasteiger charge is 2.28. The third-order valence-electron chi connectivity index (χ3n) is 7.01. The van der Waals surface area contributed by atoms with Crippen molar-refractivity contribution in [2.24, 2.45) is 5.92 Å². The number of methoxy groups -OCH3 is 1. The van der Waals surface area contributed by atoms with Crippen LogP contribution in [0.4, 0.5) is 25.5 Å². The van der Waals surface area contributed by atoms with E-state index in [1.807, 2.05) is 25.7 Å². The monoisotopic (exact) mass is 574 g/mol. The number of ether oxygens (including phenoxy) is 3. The lowest BCUT2D eigenvalue weighted by Gasteiger charge is -2.33. The van der Waals surface area contributed by atoms with Crippen molar-refractivity contribution in [2.75, 3.05) is 63.3 Å². The number of nitrogens with zero attached hydrogens (tertiary/aromatic N) is 7. The van der Waals surface area contributed by atoms with Crippen LogP contribution >= 0.6 is 0 Å². The van der Waals surface area contributed by atoms with E-state index < -0.39 is 17.9 Å². The fourth-order valence-electron chi connectivity index (χ4n) is 4.93. The summed E-state index contributed by atoms with van der Waals surface area (Å²) in [5.41, 5.74) is 0.157. The molecule has 41 heavy (non-hydrogen) atoms. The van der Waals surface area contributed by atoms with Crippen molar-refractivity contribution < 1.29 is 27.8 Å². The maximum atomic E-state index is 14.2. The van der Waals surface area contributed by atoms with Crippen molar-refractivity contribution in [3.63, 3.8) is 0 Å². The molecule has 1 amide bonds. The van der Waals surface area contributed by atoms with Crippen LogP contribution in [0.5, 0.6) is 5.75 Å². The average molecular weight is 575 g/mol. The molecule has 1 aromatic carbocycles. The van der Waals surface area contributed by atoms with Gasteiger partial charge in [0.15, 0.2) is 5.82 Å². The summed E-state index contributed by atoms with van der Waals surface area (Å²) in [5.74, 6) is 0.831. The van der Waals surface area contributed by atoms with Gasteiger partial charge in [-0.1, -0.05) is 6.07 Å². The second-order valence-corrected chi connectivity index (χ2v) is 11.1. The van der Waals surface area contributed by atoms with Gasteiger partial charge in [0.1, 0.15) is 16.9 Å². The molecule has 0 aliphatic carbocycles. The van der Waals surface area contributed by atoms with Gasteiger partial charge in [-0.15, -0.1) is 0 Å². The number of anilines is 2. The van der Waals surface area contributed by atoms with E-state index in [4.69, 9.17) is 14.2 Å². The van der Waals surface area contributed by atoms with E-state index >= 15 is 0 Å². The van der Waals surface area contributed by atoms with E-state index in [0.29, 0.717) is 68.7 Å². The van der Waals surface area contributed by atoms with E-state index in [2.05, 4.69) is 25.3 Å². The predicted molar refractivity (Wildman–Crippen MR) is 148 cm³/mol. The molecule has 0 unspecified atom stereocenters. The lowest BCUT2D eigenvalue weighted by Crippen LogP contribution is -2.42. The van der Waals surface area contributed by atoms with Crippen molar-refractivity contribution in [2.45, 2.75) is 45.6 Å². The van der Waals surface area contributed by atoms with Gasteiger partial charge in [0.05, 0.1) is 25.8 Å². The number of likely N-dealkylation sites (tertiary alicyclic amines) is 1. The van der Waals surface area contributed by atoms with Crippen LogP contribution in [0.3, 0.4) is 0 Å². The highest BCUT2D eigenvalue weighted by molar-refractivity contribution is 5.84. The molecule has 2 aliphatic rings. The van der Waals surface area contributed by atoms with Gasteiger partial charge in [0.25, 0.3) is 6.43 Å². The number of amides is 1. The maximum Gasteiger partial charge on any atom is 0.410 e. The topological polar surface area (TPSA) is 120 Å². The second-order valence-electron chi connectivity index (χ2n) is 11.1. The first-order valence-electron chi connectivity index (χ1n) is 13.8. The largest absolute Gasteiger partial charge is 0.494 e. The van der Waals surface area contributed by atoms with E-state index in [0.717, 1.165) is 12.8 Å². The van der Waals surface area contributed by atoms with Crippen LogP contribution < -0.4 is 15.0 Å². The summed E-state index contributed by atoms with van der Waals surface area (Å²) in [6.07, 6.45) is -1.62. The molecule has 2 aromatic heterocycles. The third kappa shape index (κ3) is 6.58. The molecule has 12 nitrogen and oxygen atoms in total. The van der Waals surface area contributed by atoms with E-state index in [1.54, 1.807) is 23.1 Å². The van der Waals surface area contributed by atoms with Crippen molar-refractivity contribution in [1.29, 1.82) is 0 Å². The zero-order chi connectivity index (χ0) is 29.1. The molecule has 0 saturated carbocycles. The Morgan fingerprint density at radius 3 is 2.44 bits per heavy atom. The summed E-state index contributed by atoms with van der Waals surface area (Å²) >= 11 is 0. The minimum absolute atomic E-state index is 0.0368. The molecule has 2 fully saturated rings. The summed E-state index contributed by atoms with van der Waals surface area (Å²) < 4.78 is 46.1. The number of halogens is 2. The molecule has 0 radical (unpaired) electrons. The summed E-state index contributed by atoms with van der Waals surface area (Å²) in [6.45, 7) is 9.41. The molecule has 2 saturated heterocycles. The molecule has 2 aliphatic heterocycles. The summed E-state index contributed by atoms with van der Waals surface area (Å²) in [7, 11) is 1.47. The number of nitrogens with one attached hydrogen (secondary N) is 1. The molecule has 222 valence electrons. The summed E-state index contributed by atoms with van der Waals surface area (Å²) in [4.78, 5) is 34.1. The Balaban J connectivity index is 1.40. The number of para-hydroxylation sites is 1. The smallest absolute Gasteiger partial charge is 0.410 e. The number of benzene rings is 1. The Bertz CT molecular complexity index is 1370. The minimum Gasteiger partial charge on any atom is -0.494 e. The van der Waals surface area contributed by atoms with Crippen LogP contribution in [-0.2, 0) is 9.47 Å². The number of carbonyl (C=O) groups is 1. The fraction of sp³-hybridized carbons (Fsp3) is 0.593. The Kier molecular flexibility index (Phi) is 8.38. The minimum atomic E-state index is -2.87.